The molecule has 38 valence electrons. The van der Waals surface area contributed by atoms with Crippen molar-refractivity contribution in [3.63, 3.8) is 0 Å². The molecule has 0 bridgehead atoms. The van der Waals surface area contributed by atoms with E-state index in [9.17, 15) is 6.87 Å². The number of hydrogen-bond acceptors (Lipinski definition) is 3. The van der Waals surface area contributed by atoms with Gasteiger partial charge in [0.1, 0.15) is 6.61 Å². The fourth-order valence-corrected chi connectivity index (χ4v) is 0.598. The van der Waals surface area contributed by atoms with E-state index in [0.717, 1.165) is 0 Å². The first kappa shape index (κ1) is 6.61. The number of hydrogen-bond donors (Lipinski definition) is 0. The summed E-state index contributed by atoms with van der Waals surface area (Å²) in [5, 5.41) is 0. The van der Waals surface area contributed by atoms with Gasteiger partial charge < -0.3 is 6.87 Å². The molecule has 0 saturated carbocycles. The van der Waals surface area contributed by atoms with Gasteiger partial charge in [-0.25, -0.2) is 0 Å². The van der Waals surface area contributed by atoms with Crippen molar-refractivity contribution in [2.45, 2.75) is 6.92 Å². The van der Waals surface area contributed by atoms with E-state index in [4.69, 9.17) is 0 Å². The van der Waals surface area contributed by atoms with Gasteiger partial charge in [-0.2, -0.15) is 0 Å². The monoisotopic (exact) mass is 204 g/mol. The molecule has 0 heterocycles. The summed E-state index contributed by atoms with van der Waals surface area (Å²) in [6.45, 7) is 1.91. The molecule has 0 radical (unpaired) electrons. The second-order valence-corrected chi connectivity index (χ2v) is 2.29. The smallest absolute Gasteiger partial charge is 0.396 e. The first-order valence-corrected chi connectivity index (χ1v) is 4.10. The van der Waals surface area contributed by atoms with E-state index in [2.05, 4.69) is 3.07 Å². The van der Waals surface area contributed by atoms with E-state index in [1.807, 2.05) is 0 Å². The maximum atomic E-state index is 9.51. The Morgan fingerprint density at radius 2 is 2.17 bits per heavy atom. The Morgan fingerprint density at radius 1 is 1.67 bits per heavy atom. The third-order valence-electron chi connectivity index (χ3n) is 0.198. The summed E-state index contributed by atoms with van der Waals surface area (Å²) < 4.78 is 23.1. The lowest BCUT2D eigenvalue weighted by Gasteiger charge is -1.82. The van der Waals surface area contributed by atoms with Crippen molar-refractivity contribution < 1.29 is 31.0 Å². The zero-order valence-corrected chi connectivity index (χ0v) is 5.47. The molecule has 0 aliphatic rings. The van der Waals surface area contributed by atoms with Gasteiger partial charge in [-0.3, -0.25) is 0 Å². The maximum absolute atomic E-state index is 9.51. The highest BCUT2D eigenvalue weighted by molar-refractivity contribution is 3.88. The van der Waals surface area contributed by atoms with Crippen LogP contribution in [0, 0.1) is 0 Å². The Hall–Kier alpha value is 0.610. The molecular weight excluding hydrogens is 199 g/mol. The predicted octanol–water partition coefficient (Wildman–Crippen LogP) is -4.89. The highest BCUT2D eigenvalue weighted by Crippen LogP contribution is 1.41. The van der Waals surface area contributed by atoms with Crippen LogP contribution in [0.4, 0.5) is 0 Å². The molecule has 0 spiro atoms. The average molecular weight is 204 g/mol. The number of halogens is 1. The van der Waals surface area contributed by atoms with Crippen molar-refractivity contribution >= 4 is 0 Å². The molecule has 0 aromatic rings. The summed E-state index contributed by atoms with van der Waals surface area (Å²) >= 11 is -3.31. The predicted molar refractivity (Wildman–Crippen MR) is 11.6 cm³/mol. The Labute approximate surface area is 45.0 Å². The molecule has 0 saturated heterocycles. The van der Waals surface area contributed by atoms with Gasteiger partial charge in [-0.1, -0.05) is 0 Å². The second kappa shape index (κ2) is 3.79. The third kappa shape index (κ3) is 4.61. The van der Waals surface area contributed by atoms with E-state index < -0.39 is 21.1 Å². The Kier molecular flexibility index (Phi) is 4.17. The third-order valence-corrected chi connectivity index (χ3v) is 1.33. The molecule has 0 aliphatic carbocycles. The van der Waals surface area contributed by atoms with Crippen molar-refractivity contribution in [1.29, 1.82) is 0 Å². The minimum absolute atomic E-state index is 0.276. The van der Waals surface area contributed by atoms with E-state index >= 15 is 0 Å². The van der Waals surface area contributed by atoms with E-state index in [0.29, 0.717) is 0 Å². The minimum atomic E-state index is -3.31. The van der Waals surface area contributed by atoms with Crippen molar-refractivity contribution in [3.05, 3.63) is 0 Å². The van der Waals surface area contributed by atoms with Crippen LogP contribution < -0.4 is 27.9 Å². The lowest BCUT2D eigenvalue weighted by molar-refractivity contribution is -1.63. The quantitative estimate of drug-likeness (QED) is 0.423. The van der Waals surface area contributed by atoms with Crippen molar-refractivity contribution in [1.82, 2.24) is 0 Å². The van der Waals surface area contributed by atoms with Crippen LogP contribution in [-0.2, 0) is 3.07 Å². The van der Waals surface area contributed by atoms with Gasteiger partial charge >= 0.3 is 21.1 Å². The van der Waals surface area contributed by atoms with Crippen molar-refractivity contribution in [3.8, 4) is 0 Å². The first-order chi connectivity index (χ1) is 2.77. The molecule has 0 N–H and O–H groups in total. The van der Waals surface area contributed by atoms with Crippen LogP contribution in [0.25, 0.3) is 0 Å². The van der Waals surface area contributed by atoms with Gasteiger partial charge in [-0.15, -0.1) is 0 Å². The first-order valence-electron chi connectivity index (χ1n) is 1.46. The molecule has 3 nitrogen and oxygen atoms in total. The van der Waals surface area contributed by atoms with Crippen LogP contribution in [0.2, 0.25) is 0 Å². The summed E-state index contributed by atoms with van der Waals surface area (Å²) in [5.74, 6) is 0. The minimum Gasteiger partial charge on any atom is -0.396 e. The van der Waals surface area contributed by atoms with Crippen LogP contribution in [-0.4, -0.2) is 6.61 Å². The molecule has 0 amide bonds. The van der Waals surface area contributed by atoms with Gasteiger partial charge in [0.2, 0.25) is 0 Å². The highest BCUT2D eigenvalue weighted by atomic mass is 127. The highest BCUT2D eigenvalue weighted by Gasteiger charge is 2.05. The van der Waals surface area contributed by atoms with Gasteiger partial charge in [0.05, 0.1) is 0 Å². The van der Waals surface area contributed by atoms with Crippen LogP contribution >= 0.6 is 0 Å². The van der Waals surface area contributed by atoms with Gasteiger partial charge in [0.15, 0.2) is 0 Å². The molecule has 4 heteroatoms. The molecule has 0 aliphatic heterocycles. The van der Waals surface area contributed by atoms with E-state index in [1.54, 1.807) is 6.92 Å². The summed E-state index contributed by atoms with van der Waals surface area (Å²) in [6.07, 6.45) is 0. The summed E-state index contributed by atoms with van der Waals surface area (Å²) in [6, 6.07) is 0. The summed E-state index contributed by atoms with van der Waals surface area (Å²) in [7, 11) is 0. The molecule has 0 rings (SSSR count). The molecule has 0 fully saturated rings. The van der Waals surface area contributed by atoms with Crippen molar-refractivity contribution in [2.24, 2.45) is 0 Å². The largest absolute Gasteiger partial charge is 0.506 e. The Morgan fingerprint density at radius 3 is 2.17 bits per heavy atom. The molecule has 6 heavy (non-hydrogen) atoms. The number of rotatable bonds is 2. The Balaban J connectivity index is 2.63. The maximum Gasteiger partial charge on any atom is 0.506 e. The van der Waals surface area contributed by atoms with Crippen LogP contribution in [0.1, 0.15) is 6.92 Å². The van der Waals surface area contributed by atoms with Crippen LogP contribution in [0.3, 0.4) is 0 Å². The molecule has 0 unspecified atom stereocenters. The molecule has 0 aromatic carbocycles. The van der Waals surface area contributed by atoms with Gasteiger partial charge in [0.25, 0.3) is 0 Å². The molecule has 0 aromatic heterocycles. The van der Waals surface area contributed by atoms with Gasteiger partial charge in [0, 0.05) is 0 Å². The lowest BCUT2D eigenvalue weighted by atomic mass is 10.9. The van der Waals surface area contributed by atoms with Crippen LogP contribution in [0.5, 0.6) is 0 Å². The van der Waals surface area contributed by atoms with Crippen LogP contribution in [0.15, 0.2) is 0 Å². The summed E-state index contributed by atoms with van der Waals surface area (Å²) in [4.78, 5) is 0. The zero-order chi connectivity index (χ0) is 4.99. The zero-order valence-electron chi connectivity index (χ0n) is 3.31. The fourth-order valence-electron chi connectivity index (χ4n) is 0.0891. The lowest BCUT2D eigenvalue weighted by Crippen LogP contribution is -3.99. The molecule has 0 atom stereocenters. The standard InChI is InChI=1S/C2H5IO3/c1-2-6-3(4)5/h2H2,1H3. The fraction of sp³-hybridized carbons (Fsp3) is 1.00. The SMILES string of the molecule is CCO[I+2]([O-])[O-]. The van der Waals surface area contributed by atoms with Gasteiger partial charge in [-0.05, 0) is 9.99 Å². The second-order valence-electron chi connectivity index (χ2n) is 0.587. The van der Waals surface area contributed by atoms with E-state index in [-0.39, 0.29) is 6.61 Å². The molecular formula is C2H5IO3. The van der Waals surface area contributed by atoms with E-state index in [1.165, 1.54) is 0 Å². The van der Waals surface area contributed by atoms with Crippen molar-refractivity contribution in [2.75, 3.05) is 6.61 Å². The summed E-state index contributed by atoms with van der Waals surface area (Å²) in [5.41, 5.74) is 0. The normalized spacial score (nSPS) is 10.0. The average Bonchev–Trinajstić information content (AvgIpc) is 1.35. The topological polar surface area (TPSA) is 55.3 Å². The Bertz CT molecular complexity index is 30.0.